The smallest absolute Gasteiger partial charge is 0.253 e. The highest BCUT2D eigenvalue weighted by Crippen LogP contribution is 2.37. The van der Waals surface area contributed by atoms with Crippen molar-refractivity contribution >= 4 is 17.4 Å². The number of carbonyl (C=O) groups is 1. The fourth-order valence-corrected chi connectivity index (χ4v) is 4.07. The number of fused-ring (bicyclic) bond motifs is 2. The molecule has 0 radical (unpaired) electrons. The standard InChI is InChI=1S/C26H25N3O3/c1-2-31-20-13-11-19(12-14-20)26(30)29-17-15-28(16-18-29)25-21-7-3-5-9-23(21)32-24-10-6-4-8-22(24)27-25/h3-14H,2,15-18H2,1H3. The molecular weight excluding hydrogens is 402 g/mol. The van der Waals surface area contributed by atoms with Gasteiger partial charge in [0.1, 0.15) is 23.0 Å². The molecule has 0 bridgehead atoms. The van der Waals surface area contributed by atoms with E-state index in [0.29, 0.717) is 38.3 Å². The third kappa shape index (κ3) is 3.91. The SMILES string of the molecule is CCOc1ccc(C(=O)N2CCN(C3=Nc4ccccc4Oc4ccccc43)CC2)cc1. The van der Waals surface area contributed by atoms with Crippen molar-refractivity contribution in [3.8, 4) is 17.2 Å². The number of aliphatic imine (C=N–C) groups is 1. The van der Waals surface area contributed by atoms with Crippen LogP contribution in [-0.2, 0) is 0 Å². The number of para-hydroxylation sites is 3. The average molecular weight is 428 g/mol. The topological polar surface area (TPSA) is 54.4 Å². The molecule has 2 aliphatic heterocycles. The Labute approximate surface area is 187 Å². The van der Waals surface area contributed by atoms with E-state index >= 15 is 0 Å². The lowest BCUT2D eigenvalue weighted by molar-refractivity contribution is 0.0692. The second kappa shape index (κ2) is 8.75. The molecule has 5 rings (SSSR count). The zero-order valence-corrected chi connectivity index (χ0v) is 18.0. The molecule has 2 heterocycles. The highest BCUT2D eigenvalue weighted by Gasteiger charge is 2.27. The van der Waals surface area contributed by atoms with Crippen molar-refractivity contribution in [1.82, 2.24) is 9.80 Å². The zero-order chi connectivity index (χ0) is 21.9. The molecule has 0 spiro atoms. The molecule has 2 aliphatic rings. The van der Waals surface area contributed by atoms with Crippen LogP contribution in [0.5, 0.6) is 17.2 Å². The first kappa shape index (κ1) is 20.1. The van der Waals surface area contributed by atoms with Gasteiger partial charge in [-0.1, -0.05) is 24.3 Å². The number of hydrogen-bond acceptors (Lipinski definition) is 5. The van der Waals surface area contributed by atoms with Gasteiger partial charge in [0.25, 0.3) is 5.91 Å². The van der Waals surface area contributed by atoms with E-state index < -0.39 is 0 Å². The minimum Gasteiger partial charge on any atom is -0.494 e. The summed E-state index contributed by atoms with van der Waals surface area (Å²) < 4.78 is 11.6. The van der Waals surface area contributed by atoms with E-state index in [0.717, 1.165) is 34.3 Å². The molecule has 162 valence electrons. The van der Waals surface area contributed by atoms with Crippen molar-refractivity contribution in [2.75, 3.05) is 32.8 Å². The highest BCUT2D eigenvalue weighted by molar-refractivity contribution is 6.04. The molecule has 6 heteroatoms. The molecule has 1 amide bonds. The minimum absolute atomic E-state index is 0.0459. The van der Waals surface area contributed by atoms with Crippen molar-refractivity contribution in [2.45, 2.75) is 6.92 Å². The molecule has 3 aromatic carbocycles. The number of hydrogen-bond donors (Lipinski definition) is 0. The van der Waals surface area contributed by atoms with Crippen LogP contribution in [0.3, 0.4) is 0 Å². The molecule has 1 saturated heterocycles. The first-order chi connectivity index (χ1) is 15.7. The largest absolute Gasteiger partial charge is 0.494 e. The summed E-state index contributed by atoms with van der Waals surface area (Å²) in [7, 11) is 0. The lowest BCUT2D eigenvalue weighted by atomic mass is 10.1. The van der Waals surface area contributed by atoms with E-state index in [1.165, 1.54) is 0 Å². The normalized spacial score (nSPS) is 15.1. The number of rotatable bonds is 3. The fraction of sp³-hybridized carbons (Fsp3) is 0.231. The number of amidine groups is 1. The van der Waals surface area contributed by atoms with Gasteiger partial charge in [0.2, 0.25) is 0 Å². The monoisotopic (exact) mass is 427 g/mol. The van der Waals surface area contributed by atoms with E-state index in [1.807, 2.05) is 84.6 Å². The van der Waals surface area contributed by atoms with E-state index in [9.17, 15) is 4.79 Å². The van der Waals surface area contributed by atoms with Gasteiger partial charge in [-0.05, 0) is 55.5 Å². The Morgan fingerprint density at radius 3 is 2.34 bits per heavy atom. The van der Waals surface area contributed by atoms with Crippen LogP contribution in [0.2, 0.25) is 0 Å². The molecule has 0 unspecified atom stereocenters. The summed E-state index contributed by atoms with van der Waals surface area (Å²) in [6.45, 7) is 5.24. The average Bonchev–Trinajstić information content (AvgIpc) is 3.01. The summed E-state index contributed by atoms with van der Waals surface area (Å²) in [5, 5.41) is 0. The van der Waals surface area contributed by atoms with Gasteiger partial charge in [-0.15, -0.1) is 0 Å². The van der Waals surface area contributed by atoms with Crippen molar-refractivity contribution in [3.05, 3.63) is 83.9 Å². The van der Waals surface area contributed by atoms with E-state index in [2.05, 4.69) is 4.90 Å². The lowest BCUT2D eigenvalue weighted by Crippen LogP contribution is -2.50. The zero-order valence-electron chi connectivity index (χ0n) is 18.0. The van der Waals surface area contributed by atoms with Crippen LogP contribution < -0.4 is 9.47 Å². The van der Waals surface area contributed by atoms with Crippen molar-refractivity contribution in [1.29, 1.82) is 0 Å². The van der Waals surface area contributed by atoms with Crippen LogP contribution >= 0.6 is 0 Å². The number of benzene rings is 3. The Morgan fingerprint density at radius 2 is 1.59 bits per heavy atom. The Morgan fingerprint density at radius 1 is 0.906 bits per heavy atom. The molecule has 0 aromatic heterocycles. The van der Waals surface area contributed by atoms with Gasteiger partial charge < -0.3 is 19.3 Å². The number of amides is 1. The van der Waals surface area contributed by atoms with Crippen LogP contribution in [0.15, 0.2) is 77.8 Å². The highest BCUT2D eigenvalue weighted by atomic mass is 16.5. The van der Waals surface area contributed by atoms with Crippen molar-refractivity contribution < 1.29 is 14.3 Å². The Hall–Kier alpha value is -3.80. The maximum absolute atomic E-state index is 13.0. The minimum atomic E-state index is 0.0459. The summed E-state index contributed by atoms with van der Waals surface area (Å²) >= 11 is 0. The quantitative estimate of drug-likeness (QED) is 0.607. The van der Waals surface area contributed by atoms with Gasteiger partial charge in [-0.25, -0.2) is 4.99 Å². The van der Waals surface area contributed by atoms with Crippen LogP contribution in [0, 0.1) is 0 Å². The lowest BCUT2D eigenvalue weighted by Gasteiger charge is -2.36. The van der Waals surface area contributed by atoms with Crippen LogP contribution in [0.1, 0.15) is 22.8 Å². The molecule has 0 atom stereocenters. The van der Waals surface area contributed by atoms with Gasteiger partial charge in [0.05, 0.1) is 12.2 Å². The summed E-state index contributed by atoms with van der Waals surface area (Å²) in [4.78, 5) is 22.1. The van der Waals surface area contributed by atoms with Crippen molar-refractivity contribution in [2.24, 2.45) is 4.99 Å². The number of ether oxygens (including phenoxy) is 2. The third-order valence-corrected chi connectivity index (χ3v) is 5.72. The maximum Gasteiger partial charge on any atom is 0.253 e. The summed E-state index contributed by atoms with van der Waals surface area (Å²) in [5.41, 5.74) is 2.46. The molecule has 0 aliphatic carbocycles. The summed E-state index contributed by atoms with van der Waals surface area (Å²) in [6.07, 6.45) is 0. The second-order valence-electron chi connectivity index (χ2n) is 7.74. The Bertz CT molecular complexity index is 1150. The third-order valence-electron chi connectivity index (χ3n) is 5.72. The van der Waals surface area contributed by atoms with E-state index in [4.69, 9.17) is 14.5 Å². The maximum atomic E-state index is 13.0. The molecule has 6 nitrogen and oxygen atoms in total. The number of piperazine rings is 1. The Kier molecular flexibility index (Phi) is 5.50. The van der Waals surface area contributed by atoms with Crippen LogP contribution in [0.25, 0.3) is 0 Å². The van der Waals surface area contributed by atoms with E-state index in [-0.39, 0.29) is 5.91 Å². The summed E-state index contributed by atoms with van der Waals surface area (Å²) in [6, 6.07) is 23.2. The van der Waals surface area contributed by atoms with Gasteiger partial charge in [0.15, 0.2) is 5.75 Å². The van der Waals surface area contributed by atoms with Gasteiger partial charge in [-0.2, -0.15) is 0 Å². The van der Waals surface area contributed by atoms with Crippen molar-refractivity contribution in [3.63, 3.8) is 0 Å². The predicted octanol–water partition coefficient (Wildman–Crippen LogP) is 4.73. The molecule has 32 heavy (non-hydrogen) atoms. The first-order valence-corrected chi connectivity index (χ1v) is 10.9. The molecule has 0 N–H and O–H groups in total. The Balaban J connectivity index is 1.34. The second-order valence-corrected chi connectivity index (χ2v) is 7.74. The molecular formula is C26H25N3O3. The molecule has 0 saturated carbocycles. The first-order valence-electron chi connectivity index (χ1n) is 10.9. The van der Waals surface area contributed by atoms with Gasteiger partial charge >= 0.3 is 0 Å². The van der Waals surface area contributed by atoms with Crippen LogP contribution in [-0.4, -0.2) is 54.3 Å². The van der Waals surface area contributed by atoms with Crippen LogP contribution in [0.4, 0.5) is 5.69 Å². The number of nitrogens with zero attached hydrogens (tertiary/aromatic N) is 3. The fourth-order valence-electron chi connectivity index (χ4n) is 4.07. The summed E-state index contributed by atoms with van der Waals surface area (Å²) in [5.74, 6) is 3.26. The molecule has 3 aromatic rings. The van der Waals surface area contributed by atoms with E-state index in [1.54, 1.807) is 0 Å². The van der Waals surface area contributed by atoms with Gasteiger partial charge in [0, 0.05) is 31.7 Å². The van der Waals surface area contributed by atoms with Gasteiger partial charge in [-0.3, -0.25) is 4.79 Å². The predicted molar refractivity (Wildman–Crippen MR) is 124 cm³/mol. The molecule has 1 fully saturated rings. The number of carbonyl (C=O) groups excluding carboxylic acids is 1.